The number of esters is 1. The van der Waals surface area contributed by atoms with E-state index in [1.54, 1.807) is 12.2 Å². The summed E-state index contributed by atoms with van der Waals surface area (Å²) in [6, 6.07) is 9.93. The maximum atomic E-state index is 12.0. The molecule has 0 bridgehead atoms. The first-order valence-electron chi connectivity index (χ1n) is 8.12. The van der Waals surface area contributed by atoms with Crippen LogP contribution in [0, 0.1) is 17.3 Å². The predicted molar refractivity (Wildman–Crippen MR) is 96.9 cm³/mol. The van der Waals surface area contributed by atoms with Crippen LogP contribution in [0.15, 0.2) is 54.3 Å². The maximum absolute atomic E-state index is 12.0. The Labute approximate surface area is 145 Å². The summed E-state index contributed by atoms with van der Waals surface area (Å²) >= 11 is 0. The van der Waals surface area contributed by atoms with Gasteiger partial charge in [0.15, 0.2) is 0 Å². The van der Waals surface area contributed by atoms with Gasteiger partial charge in [-0.15, -0.1) is 0 Å². The number of benzene rings is 1. The van der Waals surface area contributed by atoms with E-state index in [-0.39, 0.29) is 5.97 Å². The third-order valence-corrected chi connectivity index (χ3v) is 2.94. The van der Waals surface area contributed by atoms with E-state index in [1.165, 1.54) is 0 Å². The number of ether oxygens (including phenoxy) is 2. The minimum Gasteiger partial charge on any atom is -0.425 e. The molecule has 0 N–H and O–H groups in total. The van der Waals surface area contributed by atoms with Gasteiger partial charge in [0.05, 0.1) is 12.0 Å². The van der Waals surface area contributed by atoms with Gasteiger partial charge in [0.2, 0.25) is 0 Å². The molecule has 1 aromatic carbocycles. The molecule has 0 aliphatic rings. The number of carbonyl (C=O) groups is 1. The molecule has 3 nitrogen and oxygen atoms in total. The van der Waals surface area contributed by atoms with Gasteiger partial charge in [-0.25, -0.2) is 0 Å². The summed E-state index contributed by atoms with van der Waals surface area (Å²) in [7, 11) is 0. The molecule has 0 fully saturated rings. The molecular weight excluding hydrogens is 300 g/mol. The monoisotopic (exact) mass is 326 g/mol. The quantitative estimate of drug-likeness (QED) is 0.251. The highest BCUT2D eigenvalue weighted by Gasteiger charge is 2.23. The van der Waals surface area contributed by atoms with Crippen molar-refractivity contribution < 1.29 is 14.3 Å². The van der Waals surface area contributed by atoms with E-state index in [0.717, 1.165) is 12.0 Å². The van der Waals surface area contributed by atoms with Crippen molar-refractivity contribution >= 4 is 5.97 Å². The maximum Gasteiger partial charge on any atom is 0.316 e. The minimum absolute atomic E-state index is 0.281. The van der Waals surface area contributed by atoms with Crippen LogP contribution in [0.3, 0.4) is 0 Å². The zero-order valence-electron chi connectivity index (χ0n) is 15.0. The SMILES string of the molecule is CC/C=C/C(=C/C#CCOCc1ccccc1)OC(=O)C(C)(C)C. The van der Waals surface area contributed by atoms with Crippen LogP contribution < -0.4 is 0 Å². The molecule has 0 unspecified atom stereocenters. The van der Waals surface area contributed by atoms with Crippen molar-refractivity contribution in [3.63, 3.8) is 0 Å². The third kappa shape index (κ3) is 8.36. The molecule has 1 aromatic rings. The average Bonchev–Trinajstić information content (AvgIpc) is 2.55. The normalized spacial score (nSPS) is 11.9. The lowest BCUT2D eigenvalue weighted by atomic mass is 9.97. The zero-order valence-corrected chi connectivity index (χ0v) is 15.0. The highest BCUT2D eigenvalue weighted by atomic mass is 16.5. The topological polar surface area (TPSA) is 35.5 Å². The molecule has 0 aliphatic heterocycles. The first kappa shape index (κ1) is 19.7. The van der Waals surface area contributed by atoms with E-state index in [9.17, 15) is 4.79 Å². The summed E-state index contributed by atoms with van der Waals surface area (Å²) in [5.41, 5.74) is 0.561. The summed E-state index contributed by atoms with van der Waals surface area (Å²) in [5, 5.41) is 0. The Hall–Kier alpha value is -2.31. The molecular formula is C21H26O3. The van der Waals surface area contributed by atoms with Gasteiger partial charge in [-0.05, 0) is 38.8 Å². The number of allylic oxidation sites excluding steroid dienone is 3. The Balaban J connectivity index is 2.55. The van der Waals surface area contributed by atoms with Gasteiger partial charge in [-0.3, -0.25) is 4.79 Å². The first-order chi connectivity index (χ1) is 11.4. The predicted octanol–water partition coefficient (Wildman–Crippen LogP) is 4.65. The smallest absolute Gasteiger partial charge is 0.316 e. The van der Waals surface area contributed by atoms with Gasteiger partial charge < -0.3 is 9.47 Å². The van der Waals surface area contributed by atoms with Crippen molar-refractivity contribution in [2.45, 2.75) is 40.7 Å². The fraction of sp³-hybridized carbons (Fsp3) is 0.381. The van der Waals surface area contributed by atoms with Crippen molar-refractivity contribution in [1.29, 1.82) is 0 Å². The highest BCUT2D eigenvalue weighted by molar-refractivity contribution is 5.76. The van der Waals surface area contributed by atoms with Crippen LogP contribution >= 0.6 is 0 Å². The molecule has 0 atom stereocenters. The summed E-state index contributed by atoms with van der Waals surface area (Å²) in [4.78, 5) is 12.0. The molecule has 0 amide bonds. The van der Waals surface area contributed by atoms with Crippen molar-refractivity contribution in [1.82, 2.24) is 0 Å². The fourth-order valence-corrected chi connectivity index (χ4v) is 1.56. The van der Waals surface area contributed by atoms with Gasteiger partial charge in [-0.1, -0.05) is 55.2 Å². The Bertz CT molecular complexity index is 623. The molecule has 0 heterocycles. The number of carbonyl (C=O) groups excluding carboxylic acids is 1. The van der Waals surface area contributed by atoms with Crippen molar-refractivity contribution in [2.24, 2.45) is 5.41 Å². The van der Waals surface area contributed by atoms with Gasteiger partial charge >= 0.3 is 5.97 Å². The number of hydrogen-bond acceptors (Lipinski definition) is 3. The van der Waals surface area contributed by atoms with Crippen molar-refractivity contribution in [3.8, 4) is 11.8 Å². The first-order valence-corrected chi connectivity index (χ1v) is 8.12. The lowest BCUT2D eigenvalue weighted by molar-refractivity contribution is -0.147. The molecule has 0 aliphatic carbocycles. The second-order valence-electron chi connectivity index (χ2n) is 6.30. The van der Waals surface area contributed by atoms with Gasteiger partial charge in [0.25, 0.3) is 0 Å². The van der Waals surface area contributed by atoms with Crippen LogP contribution in [0.1, 0.15) is 39.7 Å². The van der Waals surface area contributed by atoms with Gasteiger partial charge in [-0.2, -0.15) is 0 Å². The minimum atomic E-state index is -0.550. The molecule has 128 valence electrons. The van der Waals surface area contributed by atoms with Crippen molar-refractivity contribution in [2.75, 3.05) is 6.61 Å². The molecule has 3 heteroatoms. The second kappa shape index (κ2) is 10.5. The Morgan fingerprint density at radius 2 is 1.92 bits per heavy atom. The van der Waals surface area contributed by atoms with E-state index in [1.807, 2.05) is 64.1 Å². The molecule has 0 aromatic heterocycles. The van der Waals surface area contributed by atoms with Crippen LogP contribution in [-0.2, 0) is 20.9 Å². The van der Waals surface area contributed by atoms with Crippen LogP contribution in [-0.4, -0.2) is 12.6 Å². The van der Waals surface area contributed by atoms with Crippen LogP contribution in [0.5, 0.6) is 0 Å². The third-order valence-electron chi connectivity index (χ3n) is 2.94. The highest BCUT2D eigenvalue weighted by Crippen LogP contribution is 2.17. The lowest BCUT2D eigenvalue weighted by Gasteiger charge is -2.16. The molecule has 0 radical (unpaired) electrons. The second-order valence-corrected chi connectivity index (χ2v) is 6.30. The summed E-state index contributed by atoms with van der Waals surface area (Å²) in [6.07, 6.45) is 6.15. The van der Waals surface area contributed by atoms with Crippen LogP contribution in [0.4, 0.5) is 0 Å². The van der Waals surface area contributed by atoms with Crippen molar-refractivity contribution in [3.05, 3.63) is 59.9 Å². The van der Waals surface area contributed by atoms with Crippen LogP contribution in [0.25, 0.3) is 0 Å². The largest absolute Gasteiger partial charge is 0.425 e. The summed E-state index contributed by atoms with van der Waals surface area (Å²) < 4.78 is 10.9. The summed E-state index contributed by atoms with van der Waals surface area (Å²) in [5.74, 6) is 5.94. The standard InChI is InChI=1S/C21H26O3/c1-5-6-14-19(24-20(22)21(2,3)4)15-10-11-16-23-17-18-12-8-7-9-13-18/h6-9,12-15H,5,16-17H2,1-4H3/b14-6+,19-15-. The molecule has 1 rings (SSSR count). The lowest BCUT2D eigenvalue weighted by Crippen LogP contribution is -2.22. The number of hydrogen-bond donors (Lipinski definition) is 0. The summed E-state index contributed by atoms with van der Waals surface area (Å²) in [6.45, 7) is 8.33. The van der Waals surface area contributed by atoms with E-state index >= 15 is 0 Å². The molecule has 0 saturated carbocycles. The Morgan fingerprint density at radius 1 is 1.21 bits per heavy atom. The molecule has 0 spiro atoms. The Kier molecular flexibility index (Phi) is 8.60. The van der Waals surface area contributed by atoms with Crippen LogP contribution in [0.2, 0.25) is 0 Å². The molecule has 0 saturated heterocycles. The fourth-order valence-electron chi connectivity index (χ4n) is 1.56. The van der Waals surface area contributed by atoms with E-state index < -0.39 is 5.41 Å². The van der Waals surface area contributed by atoms with E-state index in [4.69, 9.17) is 9.47 Å². The zero-order chi connectivity index (χ0) is 17.8. The van der Waals surface area contributed by atoms with E-state index in [0.29, 0.717) is 19.0 Å². The van der Waals surface area contributed by atoms with Gasteiger partial charge in [0.1, 0.15) is 12.4 Å². The average molecular weight is 326 g/mol. The van der Waals surface area contributed by atoms with Gasteiger partial charge in [0, 0.05) is 6.08 Å². The number of rotatable bonds is 6. The van der Waals surface area contributed by atoms with E-state index in [2.05, 4.69) is 11.8 Å². The Morgan fingerprint density at radius 3 is 2.54 bits per heavy atom. The molecule has 24 heavy (non-hydrogen) atoms.